The molecule has 0 spiro atoms. The van der Waals surface area contributed by atoms with Gasteiger partial charge in [-0.25, -0.2) is 0 Å². The number of carbonyl (C=O) groups excluding carboxylic acids is 1. The molecule has 0 aliphatic carbocycles. The Kier molecular flexibility index (Phi) is 6.64. The number of methoxy groups -OCH3 is 1. The highest BCUT2D eigenvalue weighted by Gasteiger charge is 2.17. The van der Waals surface area contributed by atoms with E-state index >= 15 is 0 Å². The Balaban J connectivity index is 3.77. The van der Waals surface area contributed by atoms with Crippen LogP contribution in [0, 0.1) is 5.92 Å². The predicted molar refractivity (Wildman–Crippen MR) is 54.3 cm³/mol. The highest BCUT2D eigenvalue weighted by Crippen LogP contribution is 1.94. The zero-order chi connectivity index (χ0) is 11.8. The van der Waals surface area contributed by atoms with E-state index in [4.69, 9.17) is 15.6 Å². The molecule has 4 N–H and O–H groups in total. The molecular weight excluding hydrogens is 200 g/mol. The van der Waals surface area contributed by atoms with Crippen molar-refractivity contribution in [1.82, 2.24) is 5.32 Å². The van der Waals surface area contributed by atoms with E-state index in [1.54, 1.807) is 7.11 Å². The van der Waals surface area contributed by atoms with Gasteiger partial charge in [0.2, 0.25) is 5.91 Å². The minimum Gasteiger partial charge on any atom is -0.481 e. The second-order valence-electron chi connectivity index (χ2n) is 3.51. The molecule has 88 valence electrons. The van der Waals surface area contributed by atoms with E-state index in [9.17, 15) is 9.59 Å². The molecule has 0 radical (unpaired) electrons. The molecule has 0 aliphatic heterocycles. The van der Waals surface area contributed by atoms with Crippen molar-refractivity contribution in [3.63, 3.8) is 0 Å². The molecule has 0 saturated heterocycles. The van der Waals surface area contributed by atoms with Gasteiger partial charge in [0.25, 0.3) is 0 Å². The first-order valence-electron chi connectivity index (χ1n) is 4.71. The Hall–Kier alpha value is -1.14. The lowest BCUT2D eigenvalue weighted by Gasteiger charge is -2.14. The van der Waals surface area contributed by atoms with Crippen LogP contribution in [0.15, 0.2) is 0 Å². The van der Waals surface area contributed by atoms with Crippen molar-refractivity contribution in [1.29, 1.82) is 0 Å². The average Bonchev–Trinajstić information content (AvgIpc) is 2.13. The Labute approximate surface area is 88.8 Å². The number of rotatable bonds is 7. The SMILES string of the molecule is COCC(C)CNC(=O)C(N)CC(=O)O. The summed E-state index contributed by atoms with van der Waals surface area (Å²) in [5, 5.41) is 11.0. The van der Waals surface area contributed by atoms with E-state index in [1.165, 1.54) is 0 Å². The number of carbonyl (C=O) groups is 2. The average molecular weight is 218 g/mol. The summed E-state index contributed by atoms with van der Waals surface area (Å²) in [6, 6.07) is -0.989. The minimum atomic E-state index is -1.08. The second kappa shape index (κ2) is 7.19. The number of nitrogens with two attached hydrogens (primary N) is 1. The maximum atomic E-state index is 11.2. The summed E-state index contributed by atoms with van der Waals surface area (Å²) in [5.74, 6) is -1.35. The molecule has 2 atom stereocenters. The normalized spacial score (nSPS) is 14.3. The number of hydrogen-bond donors (Lipinski definition) is 3. The van der Waals surface area contributed by atoms with Gasteiger partial charge in [-0.2, -0.15) is 0 Å². The lowest BCUT2D eigenvalue weighted by molar-refractivity contribution is -0.139. The zero-order valence-electron chi connectivity index (χ0n) is 9.03. The van der Waals surface area contributed by atoms with Crippen LogP contribution in [0.5, 0.6) is 0 Å². The van der Waals surface area contributed by atoms with Crippen LogP contribution in [0.4, 0.5) is 0 Å². The number of aliphatic carboxylic acids is 1. The van der Waals surface area contributed by atoms with Gasteiger partial charge in [0.1, 0.15) is 0 Å². The molecule has 0 rings (SSSR count). The van der Waals surface area contributed by atoms with Crippen molar-refractivity contribution < 1.29 is 19.4 Å². The molecule has 0 aromatic rings. The molecule has 0 bridgehead atoms. The maximum Gasteiger partial charge on any atom is 0.305 e. The van der Waals surface area contributed by atoms with E-state index in [1.807, 2.05) is 6.92 Å². The van der Waals surface area contributed by atoms with Gasteiger partial charge in [0.05, 0.1) is 19.1 Å². The quantitative estimate of drug-likeness (QED) is 0.518. The fraction of sp³-hybridized carbons (Fsp3) is 0.778. The molecule has 1 amide bonds. The first-order chi connectivity index (χ1) is 6.97. The van der Waals surface area contributed by atoms with E-state index in [2.05, 4.69) is 5.32 Å². The van der Waals surface area contributed by atoms with Crippen molar-refractivity contribution in [3.8, 4) is 0 Å². The van der Waals surface area contributed by atoms with Crippen LogP contribution < -0.4 is 11.1 Å². The smallest absolute Gasteiger partial charge is 0.305 e. The van der Waals surface area contributed by atoms with Gasteiger partial charge in [-0.15, -0.1) is 0 Å². The summed E-state index contributed by atoms with van der Waals surface area (Å²) in [6.45, 7) is 2.88. The number of amides is 1. The fourth-order valence-electron chi connectivity index (χ4n) is 1.03. The van der Waals surface area contributed by atoms with Crippen LogP contribution in [-0.4, -0.2) is 43.3 Å². The van der Waals surface area contributed by atoms with E-state index in [0.717, 1.165) is 0 Å². The molecule has 0 aromatic heterocycles. The van der Waals surface area contributed by atoms with Crippen LogP contribution in [0.3, 0.4) is 0 Å². The summed E-state index contributed by atoms with van der Waals surface area (Å²) in [6.07, 6.45) is -0.357. The monoisotopic (exact) mass is 218 g/mol. The fourth-order valence-corrected chi connectivity index (χ4v) is 1.03. The molecule has 6 nitrogen and oxygen atoms in total. The number of carboxylic acids is 1. The molecule has 0 fully saturated rings. The maximum absolute atomic E-state index is 11.2. The van der Waals surface area contributed by atoms with Crippen LogP contribution >= 0.6 is 0 Å². The van der Waals surface area contributed by atoms with Crippen LogP contribution in [0.25, 0.3) is 0 Å². The molecule has 0 saturated carbocycles. The van der Waals surface area contributed by atoms with Gasteiger partial charge in [0.15, 0.2) is 0 Å². The lowest BCUT2D eigenvalue weighted by atomic mass is 10.1. The number of carboxylic acid groups (broad SMARTS) is 1. The first kappa shape index (κ1) is 13.9. The topological polar surface area (TPSA) is 102 Å². The summed E-state index contributed by atoms with van der Waals surface area (Å²) >= 11 is 0. The molecule has 0 heterocycles. The summed E-state index contributed by atoms with van der Waals surface area (Å²) in [4.78, 5) is 21.5. The second-order valence-corrected chi connectivity index (χ2v) is 3.51. The minimum absolute atomic E-state index is 0.177. The van der Waals surface area contributed by atoms with Crippen LogP contribution in [0.1, 0.15) is 13.3 Å². The van der Waals surface area contributed by atoms with E-state index < -0.39 is 17.9 Å². The summed E-state index contributed by atoms with van der Waals surface area (Å²) in [5.41, 5.74) is 5.35. The largest absolute Gasteiger partial charge is 0.481 e. The van der Waals surface area contributed by atoms with E-state index in [-0.39, 0.29) is 12.3 Å². The molecule has 15 heavy (non-hydrogen) atoms. The molecular formula is C9H18N2O4. The Morgan fingerprint density at radius 1 is 1.53 bits per heavy atom. The third-order valence-corrected chi connectivity index (χ3v) is 1.81. The Morgan fingerprint density at radius 2 is 2.13 bits per heavy atom. The van der Waals surface area contributed by atoms with Crippen LogP contribution in [0.2, 0.25) is 0 Å². The van der Waals surface area contributed by atoms with Crippen molar-refractivity contribution in [2.24, 2.45) is 11.7 Å². The van der Waals surface area contributed by atoms with Crippen LogP contribution in [-0.2, 0) is 14.3 Å². The van der Waals surface area contributed by atoms with E-state index in [0.29, 0.717) is 13.2 Å². The van der Waals surface area contributed by atoms with Gasteiger partial charge in [-0.3, -0.25) is 9.59 Å². The predicted octanol–water partition coefficient (Wildman–Crippen LogP) is -0.813. The van der Waals surface area contributed by atoms with Crippen molar-refractivity contribution in [2.75, 3.05) is 20.3 Å². The standard InChI is InChI=1S/C9H18N2O4/c1-6(5-15-2)4-11-9(14)7(10)3-8(12)13/h6-7H,3-5,10H2,1-2H3,(H,11,14)(H,12,13). The summed E-state index contributed by atoms with van der Waals surface area (Å²) in [7, 11) is 1.58. The third-order valence-electron chi connectivity index (χ3n) is 1.81. The molecule has 0 aromatic carbocycles. The molecule has 2 unspecified atom stereocenters. The highest BCUT2D eigenvalue weighted by atomic mass is 16.5. The van der Waals surface area contributed by atoms with Crippen molar-refractivity contribution in [2.45, 2.75) is 19.4 Å². The van der Waals surface area contributed by atoms with Gasteiger partial charge in [0, 0.05) is 13.7 Å². The number of ether oxygens (including phenoxy) is 1. The highest BCUT2D eigenvalue weighted by molar-refractivity contribution is 5.85. The first-order valence-corrected chi connectivity index (χ1v) is 4.71. The molecule has 0 aliphatic rings. The van der Waals surface area contributed by atoms with Gasteiger partial charge in [-0.1, -0.05) is 6.92 Å². The van der Waals surface area contributed by atoms with Crippen molar-refractivity contribution >= 4 is 11.9 Å². The van der Waals surface area contributed by atoms with Gasteiger partial charge >= 0.3 is 5.97 Å². The van der Waals surface area contributed by atoms with Crippen molar-refractivity contribution in [3.05, 3.63) is 0 Å². The third kappa shape index (κ3) is 6.87. The Morgan fingerprint density at radius 3 is 2.60 bits per heavy atom. The summed E-state index contributed by atoms with van der Waals surface area (Å²) < 4.78 is 4.88. The van der Waals surface area contributed by atoms with Gasteiger partial charge in [-0.05, 0) is 5.92 Å². The number of hydrogen-bond acceptors (Lipinski definition) is 4. The van der Waals surface area contributed by atoms with Gasteiger partial charge < -0.3 is 20.9 Å². The Bertz CT molecular complexity index is 220. The zero-order valence-corrected chi connectivity index (χ0v) is 9.03. The number of nitrogens with one attached hydrogen (secondary N) is 1. The molecule has 6 heteroatoms. The lowest BCUT2D eigenvalue weighted by Crippen LogP contribution is -2.43.